The number of rotatable bonds is 4. The number of halogens is 1. The lowest BCUT2D eigenvalue weighted by atomic mass is 10.0. The Hall–Kier alpha value is -1.49. The molecule has 0 amide bonds. The molecule has 110 valence electrons. The molecule has 1 saturated carbocycles. The summed E-state index contributed by atoms with van der Waals surface area (Å²) in [5, 5.41) is 14.1. The lowest BCUT2D eigenvalue weighted by Crippen LogP contribution is -2.28. The van der Waals surface area contributed by atoms with Crippen LogP contribution in [0.1, 0.15) is 44.6 Å². The molecule has 0 saturated heterocycles. The van der Waals surface area contributed by atoms with Gasteiger partial charge < -0.3 is 5.32 Å². The average Bonchev–Trinajstić information content (AvgIpc) is 2.60. The number of nitrogens with one attached hydrogen (secondary N) is 1. The second kappa shape index (κ2) is 6.79. The number of benzene rings is 1. The number of hydrogen-bond acceptors (Lipinski definition) is 3. The summed E-state index contributed by atoms with van der Waals surface area (Å²) in [4.78, 5) is 10.2. The van der Waals surface area contributed by atoms with E-state index in [1.165, 1.54) is 31.4 Å². The highest BCUT2D eigenvalue weighted by atomic mass is 19.1. The molecule has 0 aromatic heterocycles. The van der Waals surface area contributed by atoms with Gasteiger partial charge >= 0.3 is 0 Å². The third-order valence-electron chi connectivity index (χ3n) is 4.01. The fraction of sp³-hybridized carbons (Fsp3) is 0.600. The summed E-state index contributed by atoms with van der Waals surface area (Å²) in [5.74, 6) is 0.225. The van der Waals surface area contributed by atoms with Crippen molar-refractivity contribution >= 4 is 5.69 Å². The monoisotopic (exact) mass is 280 g/mol. The first-order valence-corrected chi connectivity index (χ1v) is 7.22. The zero-order chi connectivity index (χ0) is 14.5. The van der Waals surface area contributed by atoms with E-state index >= 15 is 0 Å². The van der Waals surface area contributed by atoms with Crippen molar-refractivity contribution < 1.29 is 9.31 Å². The Balaban J connectivity index is 1.94. The first-order valence-electron chi connectivity index (χ1n) is 7.22. The summed E-state index contributed by atoms with van der Waals surface area (Å²) < 4.78 is 13.3. The summed E-state index contributed by atoms with van der Waals surface area (Å²) in [6.45, 7) is 2.76. The smallest absolute Gasteiger partial charge is 0.272 e. The Morgan fingerprint density at radius 1 is 1.30 bits per heavy atom. The first kappa shape index (κ1) is 14.9. The molecule has 0 aliphatic heterocycles. The number of non-ortho nitro benzene ring substituents is 1. The van der Waals surface area contributed by atoms with Crippen molar-refractivity contribution in [3.8, 4) is 0 Å². The van der Waals surface area contributed by atoms with Gasteiger partial charge in [-0.25, -0.2) is 4.39 Å². The van der Waals surface area contributed by atoms with E-state index in [2.05, 4.69) is 12.2 Å². The van der Waals surface area contributed by atoms with Crippen molar-refractivity contribution in [2.45, 2.75) is 51.6 Å². The van der Waals surface area contributed by atoms with Gasteiger partial charge in [0.1, 0.15) is 5.82 Å². The maximum absolute atomic E-state index is 13.3. The van der Waals surface area contributed by atoms with Gasteiger partial charge in [0.25, 0.3) is 5.69 Å². The predicted molar refractivity (Wildman–Crippen MR) is 75.9 cm³/mol. The van der Waals surface area contributed by atoms with E-state index in [4.69, 9.17) is 0 Å². The van der Waals surface area contributed by atoms with Crippen molar-refractivity contribution in [1.82, 2.24) is 5.32 Å². The molecule has 1 aromatic carbocycles. The first-order chi connectivity index (χ1) is 9.54. The number of nitro benzene ring substituents is 1. The molecule has 1 aliphatic carbocycles. The van der Waals surface area contributed by atoms with E-state index in [1.807, 2.05) is 0 Å². The molecule has 0 heterocycles. The number of nitrogens with zero attached hydrogens (tertiary/aromatic N) is 1. The van der Waals surface area contributed by atoms with Gasteiger partial charge in [0.15, 0.2) is 0 Å². The minimum atomic E-state index is -0.556. The molecule has 1 aromatic rings. The van der Waals surface area contributed by atoms with Gasteiger partial charge in [0.05, 0.1) is 11.0 Å². The lowest BCUT2D eigenvalue weighted by Gasteiger charge is -2.16. The van der Waals surface area contributed by atoms with E-state index in [9.17, 15) is 14.5 Å². The van der Waals surface area contributed by atoms with E-state index in [0.717, 1.165) is 24.8 Å². The molecule has 2 unspecified atom stereocenters. The topological polar surface area (TPSA) is 55.2 Å². The summed E-state index contributed by atoms with van der Waals surface area (Å²) in [7, 11) is 0. The summed E-state index contributed by atoms with van der Waals surface area (Å²) in [6, 6.07) is 4.19. The summed E-state index contributed by atoms with van der Waals surface area (Å²) in [5.41, 5.74) is 0.449. The molecular formula is C15H21FN2O2. The maximum atomic E-state index is 13.3. The van der Waals surface area contributed by atoms with Crippen LogP contribution in [0.15, 0.2) is 18.2 Å². The van der Waals surface area contributed by atoms with Crippen LogP contribution in [0, 0.1) is 21.8 Å². The van der Waals surface area contributed by atoms with Crippen LogP contribution in [-0.4, -0.2) is 11.0 Å². The van der Waals surface area contributed by atoms with Gasteiger partial charge in [0, 0.05) is 18.7 Å². The van der Waals surface area contributed by atoms with E-state index < -0.39 is 10.7 Å². The maximum Gasteiger partial charge on any atom is 0.272 e. The van der Waals surface area contributed by atoms with Crippen LogP contribution >= 0.6 is 0 Å². The molecule has 20 heavy (non-hydrogen) atoms. The molecule has 2 atom stereocenters. The molecule has 0 spiro atoms. The minimum Gasteiger partial charge on any atom is -0.310 e. The molecule has 1 aliphatic rings. The second-order valence-electron chi connectivity index (χ2n) is 5.77. The number of nitro groups is 1. The van der Waals surface area contributed by atoms with E-state index in [-0.39, 0.29) is 5.69 Å². The van der Waals surface area contributed by atoms with Gasteiger partial charge in [-0.1, -0.05) is 19.8 Å². The van der Waals surface area contributed by atoms with Crippen LogP contribution in [0.3, 0.4) is 0 Å². The van der Waals surface area contributed by atoms with Crippen LogP contribution < -0.4 is 5.32 Å². The van der Waals surface area contributed by atoms with E-state index in [1.54, 1.807) is 0 Å². The predicted octanol–water partition coefficient (Wildman–Crippen LogP) is 3.79. The Bertz CT molecular complexity index is 479. The Labute approximate surface area is 118 Å². The third kappa shape index (κ3) is 4.27. The zero-order valence-electron chi connectivity index (χ0n) is 11.8. The van der Waals surface area contributed by atoms with Crippen molar-refractivity contribution in [1.29, 1.82) is 0 Å². The fourth-order valence-electron chi connectivity index (χ4n) is 2.79. The Morgan fingerprint density at radius 3 is 2.85 bits per heavy atom. The molecule has 1 fully saturated rings. The number of hydrogen-bond donors (Lipinski definition) is 1. The van der Waals surface area contributed by atoms with Gasteiger partial charge in [-0.2, -0.15) is 0 Å². The van der Waals surface area contributed by atoms with Crippen molar-refractivity contribution in [2.75, 3.05) is 0 Å². The van der Waals surface area contributed by atoms with Gasteiger partial charge in [0.2, 0.25) is 0 Å². The standard InChI is InChI=1S/C15H21FN2O2/c1-11-3-2-4-14(6-5-11)17-10-12-7-13(16)9-15(8-12)18(19)20/h7-9,11,14,17H,2-6,10H2,1H3. The van der Waals surface area contributed by atoms with Crippen LogP contribution in [-0.2, 0) is 6.54 Å². The van der Waals surface area contributed by atoms with Gasteiger partial charge in [-0.3, -0.25) is 10.1 Å². The Kier molecular flexibility index (Phi) is 5.06. The quantitative estimate of drug-likeness (QED) is 0.518. The van der Waals surface area contributed by atoms with Crippen molar-refractivity contribution in [2.24, 2.45) is 5.92 Å². The molecule has 0 bridgehead atoms. The van der Waals surface area contributed by atoms with Crippen LogP contribution in [0.25, 0.3) is 0 Å². The van der Waals surface area contributed by atoms with Crippen LogP contribution in [0.2, 0.25) is 0 Å². The highest BCUT2D eigenvalue weighted by molar-refractivity contribution is 5.35. The highest BCUT2D eigenvalue weighted by Crippen LogP contribution is 2.23. The summed E-state index contributed by atoms with van der Waals surface area (Å²) in [6.07, 6.45) is 5.94. The van der Waals surface area contributed by atoms with Crippen LogP contribution in [0.4, 0.5) is 10.1 Å². The lowest BCUT2D eigenvalue weighted by molar-refractivity contribution is -0.385. The zero-order valence-corrected chi connectivity index (χ0v) is 11.8. The molecular weight excluding hydrogens is 259 g/mol. The molecule has 1 N–H and O–H groups in total. The SMILES string of the molecule is CC1CCCC(NCc2cc(F)cc([N+](=O)[O-])c2)CC1. The minimum absolute atomic E-state index is 0.184. The van der Waals surface area contributed by atoms with Crippen LogP contribution in [0.5, 0.6) is 0 Å². The normalized spacial score (nSPS) is 23.3. The van der Waals surface area contributed by atoms with Gasteiger partial charge in [-0.15, -0.1) is 0 Å². The van der Waals surface area contributed by atoms with Crippen molar-refractivity contribution in [3.63, 3.8) is 0 Å². The Morgan fingerprint density at radius 2 is 2.10 bits per heavy atom. The largest absolute Gasteiger partial charge is 0.310 e. The van der Waals surface area contributed by atoms with Gasteiger partial charge in [-0.05, 0) is 36.8 Å². The molecule has 4 nitrogen and oxygen atoms in total. The van der Waals surface area contributed by atoms with E-state index in [0.29, 0.717) is 18.2 Å². The molecule has 2 rings (SSSR count). The molecule has 0 radical (unpaired) electrons. The highest BCUT2D eigenvalue weighted by Gasteiger charge is 2.16. The third-order valence-corrected chi connectivity index (χ3v) is 4.01. The van der Waals surface area contributed by atoms with Crippen molar-refractivity contribution in [3.05, 3.63) is 39.7 Å². The summed E-state index contributed by atoms with van der Waals surface area (Å²) >= 11 is 0. The average molecular weight is 280 g/mol. The second-order valence-corrected chi connectivity index (χ2v) is 5.77. The molecule has 5 heteroatoms. The fourth-order valence-corrected chi connectivity index (χ4v) is 2.79.